The molecule has 0 aliphatic carbocycles. The van der Waals surface area contributed by atoms with Gasteiger partial charge >= 0.3 is 0 Å². The molecule has 25 heavy (non-hydrogen) atoms. The van der Waals surface area contributed by atoms with E-state index in [0.717, 1.165) is 31.6 Å². The van der Waals surface area contributed by atoms with Crippen LogP contribution in [0.2, 0.25) is 0 Å². The van der Waals surface area contributed by atoms with Crippen molar-refractivity contribution in [2.24, 2.45) is 0 Å². The van der Waals surface area contributed by atoms with Crippen molar-refractivity contribution in [3.05, 3.63) is 29.8 Å². The van der Waals surface area contributed by atoms with Gasteiger partial charge in [-0.15, -0.1) is 0 Å². The Morgan fingerprint density at radius 2 is 1.68 bits per heavy atom. The predicted molar refractivity (Wildman–Crippen MR) is 95.8 cm³/mol. The first-order chi connectivity index (χ1) is 12.0. The molecule has 138 valence electrons. The summed E-state index contributed by atoms with van der Waals surface area (Å²) in [7, 11) is 0. The summed E-state index contributed by atoms with van der Waals surface area (Å²) in [6.45, 7) is 5.99. The molecule has 0 fully saturated rings. The largest absolute Gasteiger partial charge is 0.372 e. The molecule has 0 unspecified atom stereocenters. The molecule has 0 bridgehead atoms. The number of rotatable bonds is 12. The van der Waals surface area contributed by atoms with Crippen LogP contribution in [0.15, 0.2) is 24.3 Å². The average molecular weight is 349 g/mol. The number of nitrogens with zero attached hydrogens (tertiary/aromatic N) is 2. The summed E-state index contributed by atoms with van der Waals surface area (Å²) in [6.07, 6.45) is 2.27. The fourth-order valence-corrected chi connectivity index (χ4v) is 2.41. The van der Waals surface area contributed by atoms with Gasteiger partial charge in [0.15, 0.2) is 5.78 Å². The van der Waals surface area contributed by atoms with Crippen molar-refractivity contribution in [3.63, 3.8) is 0 Å². The Balaban J connectivity index is 2.53. The maximum atomic E-state index is 12.1. The van der Waals surface area contributed by atoms with Gasteiger partial charge in [-0.2, -0.15) is 0 Å². The van der Waals surface area contributed by atoms with E-state index in [0.29, 0.717) is 10.6 Å². The van der Waals surface area contributed by atoms with Crippen LogP contribution in [0, 0.1) is 0 Å². The molecule has 0 spiro atoms. The third kappa shape index (κ3) is 7.34. The molecule has 1 aromatic rings. The van der Waals surface area contributed by atoms with E-state index >= 15 is 0 Å². The summed E-state index contributed by atoms with van der Waals surface area (Å²) in [5, 5.41) is 11.8. The Kier molecular flexibility index (Phi) is 9.24. The summed E-state index contributed by atoms with van der Waals surface area (Å²) in [5.74, 6) is -0.586. The Bertz CT molecular complexity index is 554. The Morgan fingerprint density at radius 1 is 1.08 bits per heavy atom. The fourth-order valence-electron chi connectivity index (χ4n) is 2.41. The van der Waals surface area contributed by atoms with Gasteiger partial charge in [0.05, 0.1) is 13.1 Å². The second kappa shape index (κ2) is 11.2. The summed E-state index contributed by atoms with van der Waals surface area (Å²) in [6, 6.07) is 7.39. The first-order valence-electron chi connectivity index (χ1n) is 8.57. The quantitative estimate of drug-likeness (QED) is 0.260. The van der Waals surface area contributed by atoms with E-state index in [9.17, 15) is 14.4 Å². The lowest BCUT2D eigenvalue weighted by Gasteiger charge is -2.23. The summed E-state index contributed by atoms with van der Waals surface area (Å²) < 4.78 is 0. The molecule has 1 aromatic carbocycles. The molecule has 2 N–H and O–H groups in total. The van der Waals surface area contributed by atoms with Crippen LogP contribution in [0.25, 0.3) is 0 Å². The van der Waals surface area contributed by atoms with Crippen molar-refractivity contribution in [3.8, 4) is 0 Å². The third-order valence-corrected chi connectivity index (χ3v) is 3.68. The molecule has 1 rings (SSSR count). The van der Waals surface area contributed by atoms with Gasteiger partial charge in [0, 0.05) is 30.8 Å². The maximum absolute atomic E-state index is 12.1. The van der Waals surface area contributed by atoms with E-state index in [1.165, 1.54) is 0 Å². The van der Waals surface area contributed by atoms with E-state index in [1.54, 1.807) is 12.1 Å². The molecular weight excluding hydrogens is 322 g/mol. The zero-order chi connectivity index (χ0) is 18.7. The lowest BCUT2D eigenvalue weighted by Crippen LogP contribution is -2.32. The maximum Gasteiger partial charge on any atom is 0.233 e. The first kappa shape index (κ1) is 20.6. The summed E-state index contributed by atoms with van der Waals surface area (Å²) >= 11 is 0. The van der Waals surface area contributed by atoms with E-state index in [1.807, 2.05) is 12.1 Å². The molecule has 0 aromatic heterocycles. The van der Waals surface area contributed by atoms with Crippen molar-refractivity contribution in [1.82, 2.24) is 10.4 Å². The van der Waals surface area contributed by atoms with Crippen molar-refractivity contribution in [2.75, 3.05) is 31.1 Å². The van der Waals surface area contributed by atoms with Crippen LogP contribution in [0.4, 0.5) is 5.69 Å². The smallest absolute Gasteiger partial charge is 0.233 e. The Hall–Kier alpha value is -2.41. The highest BCUT2D eigenvalue weighted by Crippen LogP contribution is 2.16. The lowest BCUT2D eigenvalue weighted by atomic mass is 10.1. The number of Topliss-reactive ketones (excluding diaryl/α,β-unsaturated/α-hetero) is 1. The Morgan fingerprint density at radius 3 is 2.20 bits per heavy atom. The number of anilines is 1. The van der Waals surface area contributed by atoms with Crippen LogP contribution in [0.1, 0.15) is 43.5 Å². The summed E-state index contributed by atoms with van der Waals surface area (Å²) in [5.41, 5.74) is 1.62. The van der Waals surface area contributed by atoms with Gasteiger partial charge < -0.3 is 10.2 Å². The van der Waals surface area contributed by atoms with Crippen LogP contribution < -0.4 is 10.2 Å². The van der Waals surface area contributed by atoms with Crippen molar-refractivity contribution in [1.29, 1.82) is 0 Å². The normalized spacial score (nSPS) is 10.2. The molecule has 7 nitrogen and oxygen atoms in total. The first-order valence-corrected chi connectivity index (χ1v) is 8.57. The van der Waals surface area contributed by atoms with E-state index in [4.69, 9.17) is 5.21 Å². The standard InChI is InChI=1S/C18H27N3O4/c1-3-10-20(11-4-2)16-7-5-15(6-8-16)17(23)13-19-18(24)9-12-21(25)14-22/h5-8,14,25H,3-4,9-13H2,1-2H3,(H,19,24). The minimum Gasteiger partial charge on any atom is -0.372 e. The second-order valence-electron chi connectivity index (χ2n) is 5.75. The second-order valence-corrected chi connectivity index (χ2v) is 5.75. The highest BCUT2D eigenvalue weighted by atomic mass is 16.5. The molecule has 0 saturated carbocycles. The molecule has 0 saturated heterocycles. The number of nitrogens with one attached hydrogen (secondary N) is 1. The van der Waals surface area contributed by atoms with E-state index < -0.39 is 5.91 Å². The molecule has 7 heteroatoms. The van der Waals surface area contributed by atoms with Crippen LogP contribution in [-0.4, -0.2) is 54.6 Å². The van der Waals surface area contributed by atoms with Gasteiger partial charge in [0.25, 0.3) is 0 Å². The van der Waals surface area contributed by atoms with Gasteiger partial charge in [-0.1, -0.05) is 13.8 Å². The number of amides is 2. The molecule has 0 aliphatic rings. The number of carbonyl (C=O) groups is 3. The third-order valence-electron chi connectivity index (χ3n) is 3.68. The topological polar surface area (TPSA) is 90.0 Å². The van der Waals surface area contributed by atoms with Gasteiger partial charge in [0.2, 0.25) is 12.3 Å². The fraction of sp³-hybridized carbons (Fsp3) is 0.500. The van der Waals surface area contributed by atoms with Crippen molar-refractivity contribution in [2.45, 2.75) is 33.1 Å². The van der Waals surface area contributed by atoms with Crippen LogP contribution in [-0.2, 0) is 9.59 Å². The van der Waals surface area contributed by atoms with Crippen LogP contribution in [0.3, 0.4) is 0 Å². The minimum atomic E-state index is -0.400. The van der Waals surface area contributed by atoms with Gasteiger partial charge in [-0.05, 0) is 37.1 Å². The molecule has 0 atom stereocenters. The number of carbonyl (C=O) groups excluding carboxylic acids is 3. The number of hydrogen-bond donors (Lipinski definition) is 2. The van der Waals surface area contributed by atoms with Gasteiger partial charge in [0.1, 0.15) is 0 Å². The monoisotopic (exact) mass is 349 g/mol. The van der Waals surface area contributed by atoms with Crippen molar-refractivity contribution >= 4 is 23.8 Å². The predicted octanol–water partition coefficient (Wildman–Crippen LogP) is 1.85. The molecule has 2 amide bonds. The molecule has 0 heterocycles. The van der Waals surface area contributed by atoms with E-state index in [2.05, 4.69) is 24.1 Å². The zero-order valence-electron chi connectivity index (χ0n) is 14.9. The van der Waals surface area contributed by atoms with Gasteiger partial charge in [-0.3, -0.25) is 19.6 Å². The molecule has 0 aliphatic heterocycles. The minimum absolute atomic E-state index is 0.0650. The number of hydroxylamine groups is 2. The Labute approximate surface area is 148 Å². The highest BCUT2D eigenvalue weighted by Gasteiger charge is 2.10. The SMILES string of the molecule is CCCN(CCC)c1ccc(C(=O)CNC(=O)CCN(O)C=O)cc1. The zero-order valence-corrected chi connectivity index (χ0v) is 14.9. The van der Waals surface area contributed by atoms with Crippen LogP contribution >= 0.6 is 0 Å². The average Bonchev–Trinajstić information content (AvgIpc) is 2.64. The number of benzene rings is 1. The summed E-state index contributed by atoms with van der Waals surface area (Å²) in [4.78, 5) is 36.2. The molecule has 0 radical (unpaired) electrons. The lowest BCUT2D eigenvalue weighted by molar-refractivity contribution is -0.150. The van der Waals surface area contributed by atoms with E-state index in [-0.39, 0.29) is 31.7 Å². The van der Waals surface area contributed by atoms with Gasteiger partial charge in [-0.25, -0.2) is 5.06 Å². The molecular formula is C18H27N3O4. The number of ketones is 1. The number of hydrogen-bond acceptors (Lipinski definition) is 5. The highest BCUT2D eigenvalue weighted by molar-refractivity contribution is 5.99. The van der Waals surface area contributed by atoms with Crippen LogP contribution in [0.5, 0.6) is 0 Å². The van der Waals surface area contributed by atoms with Crippen molar-refractivity contribution < 1.29 is 19.6 Å².